The summed E-state index contributed by atoms with van der Waals surface area (Å²) in [5.41, 5.74) is -0.697. The molecule has 0 aromatic heterocycles. The van der Waals surface area contributed by atoms with Gasteiger partial charge in [0, 0.05) is 26.8 Å². The molecule has 8 nitrogen and oxygen atoms in total. The Kier molecular flexibility index (Phi) is 5.20. The SMILES string of the molecule is CC(=O)Oc1cc(OC(C)=O)c(OC(C)=O)c(C#N)c1C#N. The van der Waals surface area contributed by atoms with Gasteiger partial charge in [-0.05, 0) is 0 Å². The summed E-state index contributed by atoms with van der Waals surface area (Å²) in [5.74, 6) is -3.26. The van der Waals surface area contributed by atoms with Crippen LogP contribution in [-0.4, -0.2) is 17.9 Å². The molecule has 8 heteroatoms. The second-order valence-corrected chi connectivity index (χ2v) is 3.96. The Bertz CT molecular complexity index is 739. The number of esters is 3. The third-order valence-corrected chi connectivity index (χ3v) is 2.19. The van der Waals surface area contributed by atoms with Gasteiger partial charge in [-0.25, -0.2) is 0 Å². The maximum atomic E-state index is 11.1. The molecule has 0 saturated heterocycles. The summed E-state index contributed by atoms with van der Waals surface area (Å²) < 4.78 is 14.5. The van der Waals surface area contributed by atoms with Gasteiger partial charge in [-0.15, -0.1) is 0 Å². The predicted molar refractivity (Wildman–Crippen MR) is 69.8 cm³/mol. The first-order valence-electron chi connectivity index (χ1n) is 5.86. The van der Waals surface area contributed by atoms with Gasteiger partial charge in [-0.3, -0.25) is 14.4 Å². The van der Waals surface area contributed by atoms with Crippen molar-refractivity contribution in [1.29, 1.82) is 10.5 Å². The highest BCUT2D eigenvalue weighted by Gasteiger charge is 2.24. The van der Waals surface area contributed by atoms with Crippen molar-refractivity contribution in [3.05, 3.63) is 17.2 Å². The molecule has 0 amide bonds. The van der Waals surface area contributed by atoms with E-state index >= 15 is 0 Å². The van der Waals surface area contributed by atoms with E-state index in [-0.39, 0.29) is 22.6 Å². The number of ether oxygens (including phenoxy) is 3. The molecular weight excluding hydrogens is 292 g/mol. The zero-order valence-corrected chi connectivity index (χ0v) is 11.9. The fourth-order valence-corrected chi connectivity index (χ4v) is 1.55. The van der Waals surface area contributed by atoms with Crippen LogP contribution in [0.1, 0.15) is 31.9 Å². The van der Waals surface area contributed by atoms with Crippen molar-refractivity contribution in [2.75, 3.05) is 0 Å². The number of hydrogen-bond donors (Lipinski definition) is 0. The Labute approximate surface area is 125 Å². The molecule has 0 radical (unpaired) electrons. The average Bonchev–Trinajstić information content (AvgIpc) is 2.39. The van der Waals surface area contributed by atoms with Crippen molar-refractivity contribution < 1.29 is 28.6 Å². The fourth-order valence-electron chi connectivity index (χ4n) is 1.55. The maximum absolute atomic E-state index is 11.1. The minimum atomic E-state index is -0.783. The summed E-state index contributed by atoms with van der Waals surface area (Å²) in [6.45, 7) is 3.26. The molecular formula is C14H10N2O6. The van der Waals surface area contributed by atoms with Crippen LogP contribution in [-0.2, 0) is 14.4 Å². The van der Waals surface area contributed by atoms with Crippen LogP contribution in [0.25, 0.3) is 0 Å². The van der Waals surface area contributed by atoms with Gasteiger partial charge < -0.3 is 14.2 Å². The first kappa shape index (κ1) is 16.7. The van der Waals surface area contributed by atoms with Gasteiger partial charge in [0.15, 0.2) is 17.2 Å². The quantitative estimate of drug-likeness (QED) is 0.602. The molecule has 112 valence electrons. The van der Waals surface area contributed by atoms with E-state index in [9.17, 15) is 19.6 Å². The number of nitriles is 2. The molecule has 0 bridgehead atoms. The molecule has 0 fully saturated rings. The lowest BCUT2D eigenvalue weighted by Crippen LogP contribution is -2.11. The minimum absolute atomic E-state index is 0.279. The van der Waals surface area contributed by atoms with Crippen molar-refractivity contribution in [2.24, 2.45) is 0 Å². The van der Waals surface area contributed by atoms with Crippen molar-refractivity contribution in [2.45, 2.75) is 20.8 Å². The van der Waals surface area contributed by atoms with Crippen LogP contribution in [0.2, 0.25) is 0 Å². The molecule has 1 rings (SSSR count). The second kappa shape index (κ2) is 6.86. The summed E-state index contributed by atoms with van der Waals surface area (Å²) in [4.78, 5) is 33.3. The number of rotatable bonds is 3. The molecule has 0 aliphatic carbocycles. The monoisotopic (exact) mass is 302 g/mol. The standard InChI is InChI=1S/C14H10N2O6/c1-7(17)20-12-4-13(21-8(2)18)14(22-9(3)19)11(6-16)10(12)5-15/h4H,1-3H3. The highest BCUT2D eigenvalue weighted by molar-refractivity contribution is 5.79. The van der Waals surface area contributed by atoms with Crippen LogP contribution in [0, 0.1) is 22.7 Å². The second-order valence-electron chi connectivity index (χ2n) is 3.96. The first-order valence-corrected chi connectivity index (χ1v) is 5.86. The van der Waals surface area contributed by atoms with E-state index in [0.29, 0.717) is 0 Å². The number of carbonyl (C=O) groups excluding carboxylic acids is 3. The van der Waals surface area contributed by atoms with Crippen LogP contribution in [0.5, 0.6) is 17.2 Å². The van der Waals surface area contributed by atoms with Crippen molar-refractivity contribution in [1.82, 2.24) is 0 Å². The third-order valence-electron chi connectivity index (χ3n) is 2.19. The van der Waals surface area contributed by atoms with Crippen LogP contribution >= 0.6 is 0 Å². The van der Waals surface area contributed by atoms with Crippen molar-refractivity contribution in [3.8, 4) is 29.4 Å². The lowest BCUT2D eigenvalue weighted by atomic mass is 10.1. The van der Waals surface area contributed by atoms with Crippen molar-refractivity contribution in [3.63, 3.8) is 0 Å². The average molecular weight is 302 g/mol. The topological polar surface area (TPSA) is 126 Å². The summed E-state index contributed by atoms with van der Waals surface area (Å²) >= 11 is 0. The Hall–Kier alpha value is -3.39. The molecule has 0 spiro atoms. The van der Waals surface area contributed by atoms with Crippen LogP contribution in [0.3, 0.4) is 0 Å². The Balaban J connectivity index is 3.69. The highest BCUT2D eigenvalue weighted by Crippen LogP contribution is 2.39. The maximum Gasteiger partial charge on any atom is 0.308 e. The van der Waals surface area contributed by atoms with E-state index in [2.05, 4.69) is 0 Å². The zero-order chi connectivity index (χ0) is 16.9. The molecule has 0 heterocycles. The van der Waals surface area contributed by atoms with Crippen LogP contribution in [0.15, 0.2) is 6.07 Å². The zero-order valence-electron chi connectivity index (χ0n) is 11.9. The van der Waals surface area contributed by atoms with Gasteiger partial charge in [0.2, 0.25) is 0 Å². The lowest BCUT2D eigenvalue weighted by Gasteiger charge is -2.13. The summed E-state index contributed by atoms with van der Waals surface area (Å²) in [6, 6.07) is 4.38. The van der Waals surface area contributed by atoms with E-state index in [1.54, 1.807) is 12.1 Å². The number of nitrogens with zero attached hydrogens (tertiary/aromatic N) is 2. The molecule has 0 N–H and O–H groups in total. The Morgan fingerprint density at radius 1 is 0.818 bits per heavy atom. The molecule has 1 aromatic carbocycles. The van der Waals surface area contributed by atoms with Crippen LogP contribution < -0.4 is 14.2 Å². The molecule has 0 atom stereocenters. The number of benzene rings is 1. The van der Waals surface area contributed by atoms with E-state index in [1.165, 1.54) is 0 Å². The molecule has 22 heavy (non-hydrogen) atoms. The van der Waals surface area contributed by atoms with Crippen LogP contribution in [0.4, 0.5) is 0 Å². The van der Waals surface area contributed by atoms with Gasteiger partial charge in [-0.2, -0.15) is 10.5 Å². The summed E-state index contributed by atoms with van der Waals surface area (Å²) in [6.07, 6.45) is 0. The summed E-state index contributed by atoms with van der Waals surface area (Å²) in [7, 11) is 0. The summed E-state index contributed by atoms with van der Waals surface area (Å²) in [5, 5.41) is 18.3. The smallest absolute Gasteiger partial charge is 0.308 e. The Morgan fingerprint density at radius 3 is 1.68 bits per heavy atom. The van der Waals surface area contributed by atoms with Gasteiger partial charge in [-0.1, -0.05) is 0 Å². The number of hydrogen-bond acceptors (Lipinski definition) is 8. The van der Waals surface area contributed by atoms with Gasteiger partial charge >= 0.3 is 17.9 Å². The largest absolute Gasteiger partial charge is 0.425 e. The highest BCUT2D eigenvalue weighted by atomic mass is 16.6. The van der Waals surface area contributed by atoms with Gasteiger partial charge in [0.1, 0.15) is 23.3 Å². The predicted octanol–water partition coefficient (Wildman–Crippen LogP) is 1.21. The molecule has 1 aromatic rings. The Morgan fingerprint density at radius 2 is 1.27 bits per heavy atom. The molecule has 0 unspecified atom stereocenters. The third kappa shape index (κ3) is 3.81. The molecule has 0 aliphatic heterocycles. The van der Waals surface area contributed by atoms with E-state index < -0.39 is 23.7 Å². The molecule has 0 aliphatic rings. The van der Waals surface area contributed by atoms with Crippen molar-refractivity contribution >= 4 is 17.9 Å². The molecule has 0 saturated carbocycles. The van der Waals surface area contributed by atoms with E-state index in [4.69, 9.17) is 19.5 Å². The van der Waals surface area contributed by atoms with E-state index in [0.717, 1.165) is 26.8 Å². The van der Waals surface area contributed by atoms with E-state index in [1.807, 2.05) is 0 Å². The first-order chi connectivity index (χ1) is 10.3. The lowest BCUT2D eigenvalue weighted by molar-refractivity contribution is -0.134. The fraction of sp³-hybridized carbons (Fsp3) is 0.214. The normalized spacial score (nSPS) is 9.14. The minimum Gasteiger partial charge on any atom is -0.425 e. The number of carbonyl (C=O) groups is 3. The van der Waals surface area contributed by atoms with Gasteiger partial charge in [0.25, 0.3) is 0 Å². The van der Waals surface area contributed by atoms with Gasteiger partial charge in [0.05, 0.1) is 0 Å².